The molecule has 0 saturated carbocycles. The molecular weight excluding hydrogens is 422 g/mol. The van der Waals surface area contributed by atoms with Crippen molar-refractivity contribution in [3.8, 4) is 16.9 Å². The van der Waals surface area contributed by atoms with E-state index in [-0.39, 0.29) is 5.91 Å². The van der Waals surface area contributed by atoms with E-state index in [9.17, 15) is 4.79 Å². The molecule has 1 amide bonds. The second-order valence-electron chi connectivity index (χ2n) is 7.86. The Hall–Kier alpha value is -3.00. The van der Waals surface area contributed by atoms with E-state index in [2.05, 4.69) is 10.0 Å². The number of anilines is 2. The number of para-hydroxylation sites is 1. The lowest BCUT2D eigenvalue weighted by Crippen LogP contribution is -2.36. The molecule has 3 rings (SSSR count). The lowest BCUT2D eigenvalue weighted by Gasteiger charge is -2.24. The number of carbonyl (C=O) groups is 1. The van der Waals surface area contributed by atoms with Crippen LogP contribution in [0.5, 0.6) is 5.75 Å². The Bertz CT molecular complexity index is 1120. The van der Waals surface area contributed by atoms with Gasteiger partial charge in [-0.1, -0.05) is 24.3 Å². The molecule has 0 spiro atoms. The maximum Gasteiger partial charge on any atom is 0.255 e. The first-order valence-electron chi connectivity index (χ1n) is 10.2. The summed E-state index contributed by atoms with van der Waals surface area (Å²) in [6, 6.07) is 18.9. The number of aryl methyl sites for hydroxylation is 1. The summed E-state index contributed by atoms with van der Waals surface area (Å²) in [5.41, 5.74) is 10.6. The number of methoxy groups -OCH3 is 2. The molecular formula is C25H29N3O3S. The largest absolute Gasteiger partial charge is 0.496 e. The Labute approximate surface area is 193 Å². The van der Waals surface area contributed by atoms with E-state index in [1.807, 2.05) is 69.3 Å². The fourth-order valence-electron chi connectivity index (χ4n) is 3.10. The number of rotatable bonds is 8. The van der Waals surface area contributed by atoms with E-state index in [0.29, 0.717) is 17.0 Å². The van der Waals surface area contributed by atoms with Gasteiger partial charge in [0.2, 0.25) is 0 Å². The van der Waals surface area contributed by atoms with Crippen LogP contribution in [-0.2, 0) is 4.74 Å². The van der Waals surface area contributed by atoms with Gasteiger partial charge >= 0.3 is 0 Å². The summed E-state index contributed by atoms with van der Waals surface area (Å²) in [6.45, 7) is 5.85. The molecule has 4 N–H and O–H groups in total. The molecule has 32 heavy (non-hydrogen) atoms. The molecule has 0 aliphatic carbocycles. The van der Waals surface area contributed by atoms with Crippen molar-refractivity contribution in [3.05, 3.63) is 71.8 Å². The Kier molecular flexibility index (Phi) is 7.45. The van der Waals surface area contributed by atoms with Crippen LogP contribution in [0.25, 0.3) is 11.1 Å². The van der Waals surface area contributed by atoms with E-state index < -0.39 is 5.72 Å². The van der Waals surface area contributed by atoms with Gasteiger partial charge in [0.1, 0.15) is 11.5 Å². The topological polar surface area (TPSA) is 85.6 Å². The first-order chi connectivity index (χ1) is 15.2. The van der Waals surface area contributed by atoms with Crippen LogP contribution in [0.2, 0.25) is 0 Å². The van der Waals surface area contributed by atoms with Gasteiger partial charge in [0, 0.05) is 29.6 Å². The SMILES string of the molecule is COc1cc(C(=O)Nc2ccc(-c3ccccc3N)c(C)c2)ccc1SNC(C)(C)OC. The van der Waals surface area contributed by atoms with E-state index in [4.69, 9.17) is 15.2 Å². The number of hydrogen-bond donors (Lipinski definition) is 3. The van der Waals surface area contributed by atoms with Crippen molar-refractivity contribution in [3.63, 3.8) is 0 Å². The highest BCUT2D eigenvalue weighted by Gasteiger charge is 2.18. The summed E-state index contributed by atoms with van der Waals surface area (Å²) in [5.74, 6) is 0.393. The molecule has 0 saturated heterocycles. The molecule has 0 bridgehead atoms. The number of ether oxygens (including phenoxy) is 2. The Balaban J connectivity index is 1.75. The van der Waals surface area contributed by atoms with Gasteiger partial charge in [-0.2, -0.15) is 0 Å². The molecule has 0 fully saturated rings. The van der Waals surface area contributed by atoms with Crippen molar-refractivity contribution in [2.45, 2.75) is 31.4 Å². The van der Waals surface area contributed by atoms with Crippen molar-refractivity contribution in [2.75, 3.05) is 25.3 Å². The van der Waals surface area contributed by atoms with Crippen LogP contribution in [0.15, 0.2) is 65.6 Å². The molecule has 0 unspecified atom stereocenters. The fourth-order valence-corrected chi connectivity index (χ4v) is 3.92. The van der Waals surface area contributed by atoms with Crippen LogP contribution in [0.3, 0.4) is 0 Å². The summed E-state index contributed by atoms with van der Waals surface area (Å²) < 4.78 is 14.1. The van der Waals surface area contributed by atoms with Gasteiger partial charge < -0.3 is 20.5 Å². The van der Waals surface area contributed by atoms with E-state index in [0.717, 1.165) is 27.3 Å². The number of nitrogens with one attached hydrogen (secondary N) is 2. The van der Waals surface area contributed by atoms with Gasteiger partial charge in [-0.3, -0.25) is 4.79 Å². The maximum atomic E-state index is 12.8. The Morgan fingerprint density at radius 1 is 1.00 bits per heavy atom. The molecule has 0 aromatic heterocycles. The van der Waals surface area contributed by atoms with Crippen LogP contribution in [0.4, 0.5) is 11.4 Å². The van der Waals surface area contributed by atoms with Crippen LogP contribution in [0, 0.1) is 6.92 Å². The molecule has 0 radical (unpaired) electrons. The highest BCUT2D eigenvalue weighted by Crippen LogP contribution is 2.32. The monoisotopic (exact) mass is 451 g/mol. The third-order valence-corrected chi connectivity index (χ3v) is 6.23. The zero-order valence-corrected chi connectivity index (χ0v) is 19.8. The van der Waals surface area contributed by atoms with Gasteiger partial charge in [0.15, 0.2) is 0 Å². The van der Waals surface area contributed by atoms with Gasteiger partial charge in [0.25, 0.3) is 5.91 Å². The number of benzene rings is 3. The minimum Gasteiger partial charge on any atom is -0.496 e. The van der Waals surface area contributed by atoms with Gasteiger partial charge in [-0.05, 0) is 80.2 Å². The van der Waals surface area contributed by atoms with Crippen molar-refractivity contribution in [1.29, 1.82) is 0 Å². The molecule has 0 atom stereocenters. The van der Waals surface area contributed by atoms with E-state index >= 15 is 0 Å². The molecule has 6 nitrogen and oxygen atoms in total. The Morgan fingerprint density at radius 2 is 1.75 bits per heavy atom. The lowest BCUT2D eigenvalue weighted by atomic mass is 9.98. The van der Waals surface area contributed by atoms with Crippen molar-refractivity contribution < 1.29 is 14.3 Å². The summed E-state index contributed by atoms with van der Waals surface area (Å²) in [4.78, 5) is 13.7. The summed E-state index contributed by atoms with van der Waals surface area (Å²) in [6.07, 6.45) is 0. The average Bonchev–Trinajstić information content (AvgIpc) is 2.78. The minimum atomic E-state index is -0.500. The summed E-state index contributed by atoms with van der Waals surface area (Å²) in [7, 11) is 3.22. The van der Waals surface area contributed by atoms with Gasteiger partial charge in [-0.15, -0.1) is 0 Å². The number of hydrogen-bond acceptors (Lipinski definition) is 6. The number of nitrogen functional groups attached to an aromatic ring is 1. The third-order valence-electron chi connectivity index (χ3n) is 5.08. The second-order valence-corrected chi connectivity index (χ2v) is 8.70. The predicted molar refractivity (Wildman–Crippen MR) is 132 cm³/mol. The van der Waals surface area contributed by atoms with E-state index in [1.165, 1.54) is 11.9 Å². The van der Waals surface area contributed by atoms with Crippen molar-refractivity contribution in [1.82, 2.24) is 4.72 Å². The number of amides is 1. The molecule has 0 aliphatic rings. The maximum absolute atomic E-state index is 12.8. The lowest BCUT2D eigenvalue weighted by molar-refractivity contribution is 0.0155. The predicted octanol–water partition coefficient (Wildman–Crippen LogP) is 5.48. The zero-order chi connectivity index (χ0) is 23.3. The zero-order valence-electron chi connectivity index (χ0n) is 19.0. The molecule has 168 valence electrons. The first kappa shape index (κ1) is 23.7. The molecule has 3 aromatic carbocycles. The summed E-state index contributed by atoms with van der Waals surface area (Å²) in [5, 5.41) is 2.96. The van der Waals surface area contributed by atoms with Crippen LogP contribution in [0.1, 0.15) is 29.8 Å². The fraction of sp³-hybridized carbons (Fsp3) is 0.240. The standard InChI is InChI=1S/C25H29N3O3S/c1-16-14-18(11-12-19(16)20-8-6-7-9-21(20)26)27-24(29)17-10-13-23(22(15-17)30-4)32-28-25(2,3)31-5/h6-15,28H,26H2,1-5H3,(H,27,29). The molecule has 7 heteroatoms. The summed E-state index contributed by atoms with van der Waals surface area (Å²) >= 11 is 1.39. The number of nitrogens with two attached hydrogens (primary N) is 1. The highest BCUT2D eigenvalue weighted by molar-refractivity contribution is 7.97. The molecule has 0 heterocycles. The average molecular weight is 452 g/mol. The van der Waals surface area contributed by atoms with Gasteiger partial charge in [-0.25, -0.2) is 4.72 Å². The minimum absolute atomic E-state index is 0.212. The van der Waals surface area contributed by atoms with Crippen LogP contribution < -0.4 is 20.5 Å². The second kappa shape index (κ2) is 10.1. The normalized spacial score (nSPS) is 11.3. The van der Waals surface area contributed by atoms with Gasteiger partial charge in [0.05, 0.1) is 12.0 Å². The Morgan fingerprint density at radius 3 is 2.41 bits per heavy atom. The van der Waals surface area contributed by atoms with Crippen LogP contribution >= 0.6 is 11.9 Å². The highest BCUT2D eigenvalue weighted by atomic mass is 32.2. The molecule has 0 aliphatic heterocycles. The molecule has 3 aromatic rings. The quantitative estimate of drug-likeness (QED) is 0.239. The van der Waals surface area contributed by atoms with Crippen molar-refractivity contribution in [2.24, 2.45) is 0 Å². The van der Waals surface area contributed by atoms with Crippen LogP contribution in [-0.4, -0.2) is 25.9 Å². The van der Waals surface area contributed by atoms with E-state index in [1.54, 1.807) is 26.4 Å². The first-order valence-corrected chi connectivity index (χ1v) is 11.0. The van der Waals surface area contributed by atoms with Crippen molar-refractivity contribution >= 4 is 29.2 Å². The third kappa shape index (κ3) is 5.62. The number of carbonyl (C=O) groups excluding carboxylic acids is 1. The smallest absolute Gasteiger partial charge is 0.255 e.